The van der Waals surface area contributed by atoms with Gasteiger partial charge in [-0.1, -0.05) is 35.0 Å². The van der Waals surface area contributed by atoms with Crippen molar-refractivity contribution in [3.8, 4) is 0 Å². The molecule has 3 amide bonds. The minimum Gasteiger partial charge on any atom is -0.341 e. The van der Waals surface area contributed by atoms with E-state index >= 15 is 0 Å². The number of carbonyl (C=O) groups excluding carboxylic acids is 2. The monoisotopic (exact) mass is 328 g/mol. The molecule has 5 nitrogen and oxygen atoms in total. The lowest BCUT2D eigenvalue weighted by atomic mass is 10.0. The van der Waals surface area contributed by atoms with Crippen molar-refractivity contribution in [1.29, 1.82) is 0 Å². The molecule has 0 radical (unpaired) electrons. The lowest BCUT2D eigenvalue weighted by molar-refractivity contribution is -0.686. The van der Waals surface area contributed by atoms with Gasteiger partial charge in [0.1, 0.15) is 6.04 Å². The smallest absolute Gasteiger partial charge is 0.321 e. The largest absolute Gasteiger partial charge is 0.341 e. The van der Waals surface area contributed by atoms with Crippen LogP contribution < -0.4 is 16.0 Å². The number of amides is 3. The van der Waals surface area contributed by atoms with Crippen LogP contribution in [-0.2, 0) is 4.79 Å². The van der Waals surface area contributed by atoms with Crippen LogP contribution in [0, 0.1) is 0 Å². The molecule has 19 heavy (non-hydrogen) atoms. The number of halogens is 1. The Kier molecular flexibility index (Phi) is 6.52. The molecular formula is C13H19BrN3O2+. The van der Waals surface area contributed by atoms with E-state index in [4.69, 9.17) is 0 Å². The number of imide groups is 1. The maximum absolute atomic E-state index is 11.5. The second kappa shape index (κ2) is 7.91. The van der Waals surface area contributed by atoms with E-state index in [1.54, 1.807) is 0 Å². The van der Waals surface area contributed by atoms with E-state index in [1.165, 1.54) is 12.6 Å². The van der Waals surface area contributed by atoms with Gasteiger partial charge in [-0.25, -0.2) is 4.79 Å². The van der Waals surface area contributed by atoms with Gasteiger partial charge in [-0.05, 0) is 12.1 Å². The van der Waals surface area contributed by atoms with Gasteiger partial charge in [-0.2, -0.15) is 0 Å². The minimum atomic E-state index is -0.477. The standard InChI is InChI=1S/C13H18BrN3O2/c1-3-11(9-4-6-10(14)7-5-9)16-8-12(18)17-13(19)15-2/h4-7,11,16H,3,8H2,1-2H3,(H2,15,17,18,19)/p+1/t11-/m0/s1. The van der Waals surface area contributed by atoms with Gasteiger partial charge in [0.25, 0.3) is 5.91 Å². The number of urea groups is 1. The fourth-order valence-electron chi connectivity index (χ4n) is 1.74. The molecule has 1 rings (SSSR count). The average molecular weight is 329 g/mol. The Hall–Kier alpha value is -1.40. The van der Waals surface area contributed by atoms with Crippen molar-refractivity contribution in [2.24, 2.45) is 0 Å². The van der Waals surface area contributed by atoms with Gasteiger partial charge in [-0.15, -0.1) is 0 Å². The van der Waals surface area contributed by atoms with Crippen LogP contribution >= 0.6 is 15.9 Å². The average Bonchev–Trinajstić information content (AvgIpc) is 2.41. The second-order valence-corrected chi connectivity index (χ2v) is 5.05. The first-order chi connectivity index (χ1) is 9.06. The number of nitrogens with two attached hydrogens (primary N) is 1. The van der Waals surface area contributed by atoms with Gasteiger partial charge in [-0.3, -0.25) is 10.1 Å². The molecule has 1 aromatic carbocycles. The molecule has 0 aromatic heterocycles. The number of carbonyl (C=O) groups is 2. The number of rotatable bonds is 5. The first-order valence-electron chi connectivity index (χ1n) is 6.17. The van der Waals surface area contributed by atoms with E-state index in [2.05, 4.69) is 33.5 Å². The van der Waals surface area contributed by atoms with E-state index in [-0.39, 0.29) is 18.5 Å². The Bertz CT molecular complexity index is 434. The fraction of sp³-hybridized carbons (Fsp3) is 0.385. The second-order valence-electron chi connectivity index (χ2n) is 4.13. The molecule has 1 aromatic rings. The Labute approximate surface area is 121 Å². The predicted octanol–water partition coefficient (Wildman–Crippen LogP) is 0.919. The van der Waals surface area contributed by atoms with Crippen molar-refractivity contribution in [3.05, 3.63) is 34.3 Å². The molecule has 0 aliphatic rings. The quantitative estimate of drug-likeness (QED) is 0.751. The molecule has 0 saturated heterocycles. The van der Waals surface area contributed by atoms with Crippen LogP contribution in [0.25, 0.3) is 0 Å². The highest BCUT2D eigenvalue weighted by molar-refractivity contribution is 9.10. The molecule has 0 aliphatic heterocycles. The summed E-state index contributed by atoms with van der Waals surface area (Å²) in [5.74, 6) is -0.296. The summed E-state index contributed by atoms with van der Waals surface area (Å²) in [4.78, 5) is 22.5. The first-order valence-corrected chi connectivity index (χ1v) is 6.96. The lowest BCUT2D eigenvalue weighted by Gasteiger charge is -2.14. The zero-order chi connectivity index (χ0) is 14.3. The number of hydrogen-bond donors (Lipinski definition) is 3. The first kappa shape index (κ1) is 15.7. The summed E-state index contributed by atoms with van der Waals surface area (Å²) < 4.78 is 1.03. The zero-order valence-corrected chi connectivity index (χ0v) is 12.7. The molecule has 0 spiro atoms. The van der Waals surface area contributed by atoms with Gasteiger partial charge in [0, 0.05) is 23.5 Å². The van der Waals surface area contributed by atoms with E-state index < -0.39 is 6.03 Å². The van der Waals surface area contributed by atoms with Crippen LogP contribution in [0.2, 0.25) is 0 Å². The normalized spacial score (nSPS) is 11.7. The van der Waals surface area contributed by atoms with E-state index in [9.17, 15) is 9.59 Å². The summed E-state index contributed by atoms with van der Waals surface area (Å²) >= 11 is 3.39. The fourth-order valence-corrected chi connectivity index (χ4v) is 2.00. The van der Waals surface area contributed by atoms with Crippen molar-refractivity contribution >= 4 is 27.9 Å². The van der Waals surface area contributed by atoms with E-state index in [1.807, 2.05) is 29.6 Å². The third-order valence-corrected chi connectivity index (χ3v) is 3.33. The lowest BCUT2D eigenvalue weighted by Crippen LogP contribution is -2.87. The summed E-state index contributed by atoms with van der Waals surface area (Å²) in [5, 5.41) is 6.52. The van der Waals surface area contributed by atoms with Crippen molar-refractivity contribution in [2.75, 3.05) is 13.6 Å². The summed E-state index contributed by atoms with van der Waals surface area (Å²) in [5.41, 5.74) is 1.17. The van der Waals surface area contributed by atoms with Crippen LogP contribution in [0.5, 0.6) is 0 Å². The van der Waals surface area contributed by atoms with Crippen molar-refractivity contribution in [2.45, 2.75) is 19.4 Å². The number of benzene rings is 1. The molecule has 4 N–H and O–H groups in total. The maximum atomic E-state index is 11.5. The van der Waals surface area contributed by atoms with Crippen molar-refractivity contribution < 1.29 is 14.9 Å². The third-order valence-electron chi connectivity index (χ3n) is 2.81. The molecule has 0 aliphatic carbocycles. The van der Waals surface area contributed by atoms with Gasteiger partial charge < -0.3 is 10.6 Å². The zero-order valence-electron chi connectivity index (χ0n) is 11.1. The number of hydrogen-bond acceptors (Lipinski definition) is 2. The van der Waals surface area contributed by atoms with E-state index in [0.717, 1.165) is 10.9 Å². The summed E-state index contributed by atoms with van der Waals surface area (Å²) in [6.07, 6.45) is 0.912. The van der Waals surface area contributed by atoms with Crippen LogP contribution in [0.3, 0.4) is 0 Å². The Morgan fingerprint density at radius 1 is 1.32 bits per heavy atom. The molecule has 104 valence electrons. The molecule has 0 fully saturated rings. The van der Waals surface area contributed by atoms with Gasteiger partial charge in [0.15, 0.2) is 6.54 Å². The highest BCUT2D eigenvalue weighted by atomic mass is 79.9. The molecule has 1 atom stereocenters. The molecule has 0 bridgehead atoms. The SMILES string of the molecule is CC[C@H]([NH2+]CC(=O)NC(=O)NC)c1ccc(Br)cc1. The van der Waals surface area contributed by atoms with Crippen LogP contribution in [0.1, 0.15) is 24.9 Å². The Morgan fingerprint density at radius 2 is 1.95 bits per heavy atom. The van der Waals surface area contributed by atoms with Gasteiger partial charge in [0.05, 0.1) is 0 Å². The van der Waals surface area contributed by atoms with Crippen LogP contribution in [0.15, 0.2) is 28.7 Å². The molecular weight excluding hydrogens is 310 g/mol. The summed E-state index contributed by atoms with van der Waals surface area (Å²) in [6.45, 7) is 2.29. The third kappa shape index (κ3) is 5.40. The highest BCUT2D eigenvalue weighted by Crippen LogP contribution is 2.16. The molecule has 0 heterocycles. The summed E-state index contributed by atoms with van der Waals surface area (Å²) in [6, 6.07) is 7.77. The topological polar surface area (TPSA) is 74.8 Å². The molecule has 0 saturated carbocycles. The van der Waals surface area contributed by atoms with E-state index in [0.29, 0.717) is 0 Å². The summed E-state index contributed by atoms with van der Waals surface area (Å²) in [7, 11) is 1.48. The minimum absolute atomic E-state index is 0.212. The van der Waals surface area contributed by atoms with Gasteiger partial charge >= 0.3 is 6.03 Å². The van der Waals surface area contributed by atoms with Crippen molar-refractivity contribution in [3.63, 3.8) is 0 Å². The van der Waals surface area contributed by atoms with Crippen LogP contribution in [-0.4, -0.2) is 25.5 Å². The van der Waals surface area contributed by atoms with Crippen LogP contribution in [0.4, 0.5) is 4.79 Å². The molecule has 0 unspecified atom stereocenters. The number of quaternary nitrogens is 1. The highest BCUT2D eigenvalue weighted by Gasteiger charge is 2.15. The number of nitrogens with one attached hydrogen (secondary N) is 2. The predicted molar refractivity (Wildman–Crippen MR) is 76.6 cm³/mol. The maximum Gasteiger partial charge on any atom is 0.321 e. The van der Waals surface area contributed by atoms with Gasteiger partial charge in [0.2, 0.25) is 0 Å². The Morgan fingerprint density at radius 3 is 2.47 bits per heavy atom. The van der Waals surface area contributed by atoms with Crippen molar-refractivity contribution in [1.82, 2.24) is 10.6 Å². The Balaban J connectivity index is 2.51. The molecule has 6 heteroatoms.